The Labute approximate surface area is 187 Å². The highest BCUT2D eigenvalue weighted by atomic mass is 32.2. The Kier molecular flexibility index (Phi) is 5.67. The van der Waals surface area contributed by atoms with Crippen molar-refractivity contribution in [2.75, 3.05) is 4.90 Å². The van der Waals surface area contributed by atoms with E-state index in [1.807, 2.05) is 36.4 Å². The highest BCUT2D eigenvalue weighted by molar-refractivity contribution is 8.27. The third-order valence-corrected chi connectivity index (χ3v) is 6.69. The van der Waals surface area contributed by atoms with Gasteiger partial charge in [0.25, 0.3) is 5.91 Å². The Morgan fingerprint density at radius 1 is 0.967 bits per heavy atom. The van der Waals surface area contributed by atoms with E-state index in [-0.39, 0.29) is 5.91 Å². The molecule has 1 aromatic heterocycles. The molecule has 0 radical (unpaired) electrons. The van der Waals surface area contributed by atoms with Crippen molar-refractivity contribution in [3.8, 4) is 5.69 Å². The third kappa shape index (κ3) is 3.75. The van der Waals surface area contributed by atoms with Gasteiger partial charge in [0, 0.05) is 17.1 Å². The summed E-state index contributed by atoms with van der Waals surface area (Å²) in [5.41, 5.74) is 6.54. The lowest BCUT2D eigenvalue weighted by Crippen LogP contribution is -2.27. The number of para-hydroxylation sites is 1. The van der Waals surface area contributed by atoms with Gasteiger partial charge in [-0.25, -0.2) is 0 Å². The molecule has 5 heteroatoms. The number of rotatable bonds is 4. The topological polar surface area (TPSA) is 25.2 Å². The number of carbonyl (C=O) groups is 1. The monoisotopic (exact) mass is 432 g/mol. The molecule has 0 aliphatic carbocycles. The van der Waals surface area contributed by atoms with Crippen LogP contribution in [-0.2, 0) is 4.79 Å². The van der Waals surface area contributed by atoms with E-state index in [1.54, 1.807) is 4.90 Å². The molecule has 3 aromatic rings. The van der Waals surface area contributed by atoms with E-state index < -0.39 is 0 Å². The van der Waals surface area contributed by atoms with Crippen molar-refractivity contribution in [1.29, 1.82) is 0 Å². The number of thioether (sulfide) groups is 1. The van der Waals surface area contributed by atoms with Crippen molar-refractivity contribution >= 4 is 46.0 Å². The molecule has 1 fully saturated rings. The molecule has 1 saturated heterocycles. The molecule has 1 aliphatic heterocycles. The summed E-state index contributed by atoms with van der Waals surface area (Å²) in [5, 5.41) is 0. The van der Waals surface area contributed by atoms with Crippen molar-refractivity contribution in [2.45, 2.75) is 33.6 Å². The molecule has 0 saturated carbocycles. The van der Waals surface area contributed by atoms with Gasteiger partial charge in [-0.05, 0) is 67.3 Å². The number of nitrogens with zero attached hydrogens (tertiary/aromatic N) is 2. The Hall–Kier alpha value is -2.63. The van der Waals surface area contributed by atoms with Gasteiger partial charge < -0.3 is 4.57 Å². The van der Waals surface area contributed by atoms with E-state index in [4.69, 9.17) is 12.2 Å². The molecule has 1 amide bonds. The van der Waals surface area contributed by atoms with Crippen LogP contribution in [0.5, 0.6) is 0 Å². The number of aryl methyl sites for hydroxylation is 1. The Balaban J connectivity index is 1.67. The normalized spacial score (nSPS) is 15.6. The summed E-state index contributed by atoms with van der Waals surface area (Å²) in [7, 11) is 0. The van der Waals surface area contributed by atoms with E-state index >= 15 is 0 Å². The zero-order chi connectivity index (χ0) is 21.4. The Bertz CT molecular complexity index is 1140. The lowest BCUT2D eigenvalue weighted by Gasteiger charge is -2.13. The molecule has 3 nitrogen and oxygen atoms in total. The number of benzene rings is 2. The maximum absolute atomic E-state index is 13.0. The van der Waals surface area contributed by atoms with E-state index in [0.29, 0.717) is 15.1 Å². The third-order valence-electron chi connectivity index (χ3n) is 5.38. The van der Waals surface area contributed by atoms with Crippen LogP contribution in [0.1, 0.15) is 42.3 Å². The molecule has 0 unspecified atom stereocenters. The van der Waals surface area contributed by atoms with E-state index in [9.17, 15) is 4.79 Å². The fourth-order valence-electron chi connectivity index (χ4n) is 3.75. The van der Waals surface area contributed by atoms with Crippen LogP contribution in [-0.4, -0.2) is 14.8 Å². The van der Waals surface area contributed by atoms with Gasteiger partial charge in [0.2, 0.25) is 0 Å². The van der Waals surface area contributed by atoms with Crippen LogP contribution in [0.25, 0.3) is 11.8 Å². The van der Waals surface area contributed by atoms with Crippen molar-refractivity contribution in [3.05, 3.63) is 88.1 Å². The largest absolute Gasteiger partial charge is 0.318 e. The smallest absolute Gasteiger partial charge is 0.270 e. The highest BCUT2D eigenvalue weighted by Gasteiger charge is 2.33. The summed E-state index contributed by atoms with van der Waals surface area (Å²) < 4.78 is 2.80. The molecular weight excluding hydrogens is 408 g/mol. The number of thiocarbonyl (C=S) groups is 1. The lowest BCUT2D eigenvalue weighted by atomic mass is 10.0. The maximum atomic E-state index is 13.0. The summed E-state index contributed by atoms with van der Waals surface area (Å²) >= 11 is 6.84. The molecule has 0 spiro atoms. The van der Waals surface area contributed by atoms with E-state index in [2.05, 4.69) is 62.6 Å². The number of anilines is 1. The summed E-state index contributed by atoms with van der Waals surface area (Å²) in [6.45, 7) is 8.58. The molecule has 4 rings (SSSR count). The zero-order valence-electron chi connectivity index (χ0n) is 17.5. The van der Waals surface area contributed by atoms with Gasteiger partial charge in [0.15, 0.2) is 4.32 Å². The Morgan fingerprint density at radius 2 is 1.63 bits per heavy atom. The van der Waals surface area contributed by atoms with Crippen LogP contribution in [0, 0.1) is 13.8 Å². The van der Waals surface area contributed by atoms with Gasteiger partial charge in [0.05, 0.1) is 10.6 Å². The zero-order valence-corrected chi connectivity index (χ0v) is 19.2. The molecule has 0 bridgehead atoms. The second-order valence-electron chi connectivity index (χ2n) is 7.76. The Morgan fingerprint density at radius 3 is 2.27 bits per heavy atom. The molecule has 2 aromatic carbocycles. The van der Waals surface area contributed by atoms with Gasteiger partial charge in [0.1, 0.15) is 0 Å². The van der Waals surface area contributed by atoms with E-state index in [0.717, 1.165) is 28.3 Å². The predicted octanol–water partition coefficient (Wildman–Crippen LogP) is 6.62. The molecule has 152 valence electrons. The average molecular weight is 433 g/mol. The van der Waals surface area contributed by atoms with Crippen LogP contribution in [0.15, 0.2) is 65.6 Å². The number of hydrogen-bond donors (Lipinski definition) is 0. The minimum Gasteiger partial charge on any atom is -0.318 e. The minimum atomic E-state index is -0.0673. The van der Waals surface area contributed by atoms with Gasteiger partial charge >= 0.3 is 0 Å². The first-order chi connectivity index (χ1) is 14.4. The van der Waals surface area contributed by atoms with Crippen LogP contribution < -0.4 is 4.90 Å². The van der Waals surface area contributed by atoms with Crippen LogP contribution >= 0.6 is 24.0 Å². The van der Waals surface area contributed by atoms with E-state index in [1.165, 1.54) is 17.3 Å². The molecule has 0 N–H and O–H groups in total. The lowest BCUT2D eigenvalue weighted by molar-refractivity contribution is -0.113. The number of hydrogen-bond acceptors (Lipinski definition) is 3. The molecular formula is C25H24N2OS2. The average Bonchev–Trinajstić information content (AvgIpc) is 3.17. The second-order valence-corrected chi connectivity index (χ2v) is 9.44. The molecule has 2 heterocycles. The fraction of sp³-hybridized carbons (Fsp3) is 0.200. The van der Waals surface area contributed by atoms with Gasteiger partial charge in [-0.1, -0.05) is 68.2 Å². The number of carbonyl (C=O) groups excluding carboxylic acids is 1. The molecule has 30 heavy (non-hydrogen) atoms. The summed E-state index contributed by atoms with van der Waals surface area (Å²) in [4.78, 5) is 15.3. The highest BCUT2D eigenvalue weighted by Crippen LogP contribution is 2.36. The number of amides is 1. The predicted molar refractivity (Wildman–Crippen MR) is 131 cm³/mol. The van der Waals surface area contributed by atoms with Gasteiger partial charge in [-0.3, -0.25) is 9.69 Å². The molecule has 0 atom stereocenters. The van der Waals surface area contributed by atoms with Crippen LogP contribution in [0.3, 0.4) is 0 Å². The minimum absolute atomic E-state index is 0.0673. The first-order valence-corrected chi connectivity index (χ1v) is 11.2. The summed E-state index contributed by atoms with van der Waals surface area (Å²) in [5.74, 6) is 0.440. The van der Waals surface area contributed by atoms with Gasteiger partial charge in [-0.15, -0.1) is 0 Å². The van der Waals surface area contributed by atoms with Crippen molar-refractivity contribution in [2.24, 2.45) is 0 Å². The van der Waals surface area contributed by atoms with Crippen LogP contribution in [0.2, 0.25) is 0 Å². The van der Waals surface area contributed by atoms with Crippen molar-refractivity contribution in [3.63, 3.8) is 0 Å². The molecule has 1 aliphatic rings. The maximum Gasteiger partial charge on any atom is 0.270 e. The fourth-order valence-corrected chi connectivity index (χ4v) is 5.04. The SMILES string of the molecule is Cc1cc(/C=C2/SC(=S)N(c3ccccc3)C2=O)c(C)n1-c1ccc(C(C)C)cc1. The van der Waals surface area contributed by atoms with Crippen molar-refractivity contribution < 1.29 is 4.79 Å². The van der Waals surface area contributed by atoms with Crippen LogP contribution in [0.4, 0.5) is 5.69 Å². The summed E-state index contributed by atoms with van der Waals surface area (Å²) in [6, 6.07) is 20.4. The summed E-state index contributed by atoms with van der Waals surface area (Å²) in [6.07, 6.45) is 1.96. The standard InChI is InChI=1S/C25H24N2OS2/c1-16(2)19-10-12-22(13-11-19)26-17(3)14-20(18(26)4)15-23-24(28)27(25(29)30-23)21-8-6-5-7-9-21/h5-16H,1-4H3/b23-15+. The number of aromatic nitrogens is 1. The van der Waals surface area contributed by atoms with Gasteiger partial charge in [-0.2, -0.15) is 0 Å². The second kappa shape index (κ2) is 8.25. The quantitative estimate of drug-likeness (QED) is 0.342. The first kappa shape index (κ1) is 20.6. The first-order valence-electron chi connectivity index (χ1n) is 9.99. The van der Waals surface area contributed by atoms with Crippen molar-refractivity contribution in [1.82, 2.24) is 4.57 Å².